The van der Waals surface area contributed by atoms with Gasteiger partial charge in [-0.1, -0.05) is 42.3 Å². The van der Waals surface area contributed by atoms with Crippen molar-refractivity contribution in [2.75, 3.05) is 0 Å². The zero-order valence-corrected chi connectivity index (χ0v) is 10.7. The van der Waals surface area contributed by atoms with Crippen LogP contribution in [-0.2, 0) is 0 Å². The van der Waals surface area contributed by atoms with Crippen LogP contribution in [0.1, 0.15) is 38.3 Å². The van der Waals surface area contributed by atoms with E-state index in [-0.39, 0.29) is 11.9 Å². The number of hydrogen-bond donors (Lipinski definition) is 1. The minimum Gasteiger partial charge on any atom is -0.324 e. The minimum absolute atomic E-state index is 0.210. The van der Waals surface area contributed by atoms with Crippen LogP contribution in [0.3, 0.4) is 0 Å². The third-order valence-corrected chi connectivity index (χ3v) is 3.17. The van der Waals surface area contributed by atoms with Gasteiger partial charge in [-0.05, 0) is 24.5 Å². The molecule has 1 aromatic rings. The highest BCUT2D eigenvalue weighted by Crippen LogP contribution is 2.26. The molecule has 3 heteroatoms. The number of rotatable bonds is 4. The molecule has 84 valence electrons. The molecule has 1 aromatic carbocycles. The first-order chi connectivity index (χ1) is 7.06. The molecule has 0 heterocycles. The van der Waals surface area contributed by atoms with Crippen LogP contribution in [0.25, 0.3) is 0 Å². The van der Waals surface area contributed by atoms with Crippen molar-refractivity contribution in [1.29, 1.82) is 0 Å². The Kier molecular flexibility index (Phi) is 4.74. The Morgan fingerprint density at radius 2 is 2.13 bits per heavy atom. The Bertz CT molecular complexity index is 327. The summed E-state index contributed by atoms with van der Waals surface area (Å²) in [7, 11) is 0. The van der Waals surface area contributed by atoms with Gasteiger partial charge in [0.25, 0.3) is 0 Å². The zero-order valence-electron chi connectivity index (χ0n) is 9.13. The largest absolute Gasteiger partial charge is 0.324 e. The molecule has 0 saturated heterocycles. The fraction of sp³-hybridized carbons (Fsp3) is 0.500. The van der Waals surface area contributed by atoms with E-state index >= 15 is 0 Å². The molecule has 1 rings (SSSR count). The van der Waals surface area contributed by atoms with E-state index in [1.807, 2.05) is 6.07 Å². The lowest BCUT2D eigenvalue weighted by molar-refractivity contribution is 0.420. The first-order valence-corrected chi connectivity index (χ1v) is 6.06. The van der Waals surface area contributed by atoms with Crippen LogP contribution in [0.4, 0.5) is 4.39 Å². The second-order valence-electron chi connectivity index (χ2n) is 3.96. The van der Waals surface area contributed by atoms with Gasteiger partial charge in [-0.25, -0.2) is 4.39 Å². The van der Waals surface area contributed by atoms with Crippen molar-refractivity contribution in [3.8, 4) is 0 Å². The third-order valence-electron chi connectivity index (χ3n) is 2.68. The molecule has 0 aliphatic carbocycles. The van der Waals surface area contributed by atoms with Crippen molar-refractivity contribution in [3.63, 3.8) is 0 Å². The maximum atomic E-state index is 13.6. The summed E-state index contributed by atoms with van der Waals surface area (Å²) in [5.74, 6) is 0.0884. The van der Waals surface area contributed by atoms with Gasteiger partial charge in [-0.15, -0.1) is 0 Å². The molecule has 1 nitrogen and oxygen atoms in total. The molecule has 0 aromatic heterocycles. The molecule has 0 fully saturated rings. The van der Waals surface area contributed by atoms with Crippen LogP contribution in [0.2, 0.25) is 0 Å². The van der Waals surface area contributed by atoms with Gasteiger partial charge in [0.1, 0.15) is 5.82 Å². The molecule has 2 atom stereocenters. The number of nitrogens with two attached hydrogens (primary N) is 1. The summed E-state index contributed by atoms with van der Waals surface area (Å²) in [4.78, 5) is 0. The van der Waals surface area contributed by atoms with Gasteiger partial charge in [0.2, 0.25) is 0 Å². The zero-order chi connectivity index (χ0) is 11.4. The number of benzene rings is 1. The van der Waals surface area contributed by atoms with E-state index in [4.69, 9.17) is 5.73 Å². The molecule has 0 amide bonds. The highest BCUT2D eigenvalue weighted by Gasteiger charge is 2.17. The summed E-state index contributed by atoms with van der Waals surface area (Å²) in [6.45, 7) is 4.18. The van der Waals surface area contributed by atoms with Crippen LogP contribution >= 0.6 is 15.9 Å². The summed E-state index contributed by atoms with van der Waals surface area (Å²) >= 11 is 3.23. The maximum absolute atomic E-state index is 13.6. The van der Waals surface area contributed by atoms with Crippen molar-refractivity contribution >= 4 is 15.9 Å². The fourth-order valence-electron chi connectivity index (χ4n) is 1.71. The Morgan fingerprint density at radius 1 is 1.47 bits per heavy atom. The van der Waals surface area contributed by atoms with Gasteiger partial charge in [-0.3, -0.25) is 0 Å². The second kappa shape index (κ2) is 5.61. The molecule has 0 aliphatic heterocycles. The highest BCUT2D eigenvalue weighted by atomic mass is 79.9. The van der Waals surface area contributed by atoms with E-state index in [0.29, 0.717) is 11.5 Å². The Hall–Kier alpha value is -0.410. The van der Waals surface area contributed by atoms with Gasteiger partial charge in [0, 0.05) is 16.1 Å². The SMILES string of the molecule is CCCC(C)C(N)c1ccc(Br)cc1F. The number of hydrogen-bond acceptors (Lipinski definition) is 1. The molecular formula is C12H17BrFN. The Balaban J connectivity index is 2.86. The third kappa shape index (κ3) is 3.28. The molecule has 0 aliphatic rings. The summed E-state index contributed by atoms with van der Waals surface area (Å²) in [5, 5.41) is 0. The molecule has 2 N–H and O–H groups in total. The minimum atomic E-state index is -0.222. The normalized spacial score (nSPS) is 15.0. The Morgan fingerprint density at radius 3 is 2.67 bits per heavy atom. The van der Waals surface area contributed by atoms with Gasteiger partial charge in [-0.2, -0.15) is 0 Å². The summed E-state index contributed by atoms with van der Waals surface area (Å²) in [6, 6.07) is 4.85. The van der Waals surface area contributed by atoms with Crippen molar-refractivity contribution in [2.24, 2.45) is 11.7 Å². The van der Waals surface area contributed by atoms with E-state index < -0.39 is 0 Å². The second-order valence-corrected chi connectivity index (χ2v) is 4.87. The Labute approximate surface area is 99.0 Å². The number of halogens is 2. The van der Waals surface area contributed by atoms with Crippen molar-refractivity contribution < 1.29 is 4.39 Å². The van der Waals surface area contributed by atoms with Crippen molar-refractivity contribution in [1.82, 2.24) is 0 Å². The smallest absolute Gasteiger partial charge is 0.129 e. The average molecular weight is 274 g/mol. The van der Waals surface area contributed by atoms with Crippen LogP contribution in [0, 0.1) is 11.7 Å². The maximum Gasteiger partial charge on any atom is 0.129 e. The van der Waals surface area contributed by atoms with E-state index in [0.717, 1.165) is 17.3 Å². The van der Waals surface area contributed by atoms with Gasteiger partial charge < -0.3 is 5.73 Å². The quantitative estimate of drug-likeness (QED) is 0.881. The van der Waals surface area contributed by atoms with Crippen molar-refractivity contribution in [3.05, 3.63) is 34.1 Å². The van der Waals surface area contributed by atoms with Gasteiger partial charge in [0.15, 0.2) is 0 Å². The molecule has 0 radical (unpaired) electrons. The molecule has 15 heavy (non-hydrogen) atoms. The lowest BCUT2D eigenvalue weighted by atomic mass is 9.91. The van der Waals surface area contributed by atoms with E-state index in [1.54, 1.807) is 6.07 Å². The summed E-state index contributed by atoms with van der Waals surface area (Å²) in [5.41, 5.74) is 6.63. The van der Waals surface area contributed by atoms with Crippen molar-refractivity contribution in [2.45, 2.75) is 32.7 Å². The predicted octanol–water partition coefficient (Wildman–Crippen LogP) is 4.02. The molecule has 0 spiro atoms. The van der Waals surface area contributed by atoms with Gasteiger partial charge >= 0.3 is 0 Å². The topological polar surface area (TPSA) is 26.0 Å². The molecular weight excluding hydrogens is 257 g/mol. The van der Waals surface area contributed by atoms with E-state index in [2.05, 4.69) is 29.8 Å². The predicted molar refractivity (Wildman–Crippen MR) is 65.1 cm³/mol. The van der Waals surface area contributed by atoms with Crippen LogP contribution in [-0.4, -0.2) is 0 Å². The van der Waals surface area contributed by atoms with Crippen LogP contribution < -0.4 is 5.73 Å². The molecule has 0 saturated carbocycles. The summed E-state index contributed by atoms with van der Waals surface area (Å²) < 4.78 is 14.3. The van der Waals surface area contributed by atoms with Crippen LogP contribution in [0.5, 0.6) is 0 Å². The average Bonchev–Trinajstić information content (AvgIpc) is 2.17. The van der Waals surface area contributed by atoms with E-state index in [9.17, 15) is 4.39 Å². The molecule has 2 unspecified atom stereocenters. The highest BCUT2D eigenvalue weighted by molar-refractivity contribution is 9.10. The first-order valence-electron chi connectivity index (χ1n) is 5.26. The summed E-state index contributed by atoms with van der Waals surface area (Å²) in [6.07, 6.45) is 2.10. The monoisotopic (exact) mass is 273 g/mol. The fourth-order valence-corrected chi connectivity index (χ4v) is 2.05. The van der Waals surface area contributed by atoms with Crippen LogP contribution in [0.15, 0.2) is 22.7 Å². The lowest BCUT2D eigenvalue weighted by Gasteiger charge is -2.20. The van der Waals surface area contributed by atoms with E-state index in [1.165, 1.54) is 6.07 Å². The van der Waals surface area contributed by atoms with Gasteiger partial charge in [0.05, 0.1) is 0 Å². The lowest BCUT2D eigenvalue weighted by Crippen LogP contribution is -2.20. The standard InChI is InChI=1S/C12H17BrFN/c1-3-4-8(2)12(15)10-6-5-9(13)7-11(10)14/h5-8,12H,3-4,15H2,1-2H3. The first kappa shape index (κ1) is 12.7. The molecule has 0 bridgehead atoms.